The molecule has 0 unspecified atom stereocenters. The number of nitrogens with zero attached hydrogens (tertiary/aromatic N) is 1. The maximum absolute atomic E-state index is 12.8. The van der Waals surface area contributed by atoms with Crippen LogP contribution < -0.4 is 16.2 Å². The molecule has 1 aromatic heterocycles. The van der Waals surface area contributed by atoms with Gasteiger partial charge in [0.25, 0.3) is 5.91 Å². The van der Waals surface area contributed by atoms with Gasteiger partial charge in [-0.2, -0.15) is 0 Å². The Balaban J connectivity index is 1.50. The molecule has 1 atom stereocenters. The predicted octanol–water partition coefficient (Wildman–Crippen LogP) is 4.21. The molecule has 2 amide bonds. The quantitative estimate of drug-likeness (QED) is 0.451. The lowest BCUT2D eigenvalue weighted by atomic mass is 9.86. The number of alkyl carbamates (subject to hydrolysis) is 1. The summed E-state index contributed by atoms with van der Waals surface area (Å²) in [6, 6.07) is 22.3. The normalized spacial score (nSPS) is 12.0. The molecule has 0 aliphatic rings. The number of hydrazine groups is 1. The van der Waals surface area contributed by atoms with Gasteiger partial charge >= 0.3 is 6.09 Å². The molecule has 0 aliphatic carbocycles. The van der Waals surface area contributed by atoms with E-state index in [4.69, 9.17) is 4.74 Å². The lowest BCUT2D eigenvalue weighted by molar-refractivity contribution is -0.126. The minimum atomic E-state index is -0.778. The van der Waals surface area contributed by atoms with Crippen molar-refractivity contribution in [1.82, 2.24) is 21.2 Å². The highest BCUT2D eigenvalue weighted by Crippen LogP contribution is 2.20. The van der Waals surface area contributed by atoms with Crippen LogP contribution in [0, 0.1) is 5.41 Å². The number of nitrogens with one attached hydrogen (secondary N) is 3. The summed E-state index contributed by atoms with van der Waals surface area (Å²) in [5.41, 5.74) is 8.92. The van der Waals surface area contributed by atoms with E-state index in [1.807, 2.05) is 93.6 Å². The molecule has 0 aliphatic heterocycles. The second-order valence-corrected chi connectivity index (χ2v) is 8.76. The molecule has 0 saturated carbocycles. The van der Waals surface area contributed by atoms with Crippen molar-refractivity contribution in [2.45, 2.75) is 40.0 Å². The Labute approximate surface area is 194 Å². The highest BCUT2D eigenvalue weighted by Gasteiger charge is 2.33. The topological polar surface area (TPSA) is 92.3 Å². The van der Waals surface area contributed by atoms with Crippen LogP contribution in [0.4, 0.5) is 4.79 Å². The van der Waals surface area contributed by atoms with Crippen LogP contribution in [-0.2, 0) is 22.7 Å². The second-order valence-electron chi connectivity index (χ2n) is 8.76. The van der Waals surface area contributed by atoms with E-state index in [9.17, 15) is 9.59 Å². The Kier molecular flexibility index (Phi) is 8.16. The summed E-state index contributed by atoms with van der Waals surface area (Å²) in [6.07, 6.45) is 1.12. The zero-order chi connectivity index (χ0) is 23.7. The monoisotopic (exact) mass is 446 g/mol. The standard InChI is InChI=1S/C26H30N4O3/c1-26(2,3)23(29-25(32)33-18-20-9-5-4-6-10-20)24(31)30-28-17-19-12-14-21(15-13-19)22-11-7-8-16-27-22/h4-16,23,28H,17-18H2,1-3H3,(H,29,32)(H,30,31)/t23-/m1/s1. The van der Waals surface area contributed by atoms with Gasteiger partial charge in [0.1, 0.15) is 12.6 Å². The van der Waals surface area contributed by atoms with Crippen molar-refractivity contribution in [3.05, 3.63) is 90.1 Å². The van der Waals surface area contributed by atoms with Gasteiger partial charge in [0.05, 0.1) is 5.69 Å². The van der Waals surface area contributed by atoms with Crippen molar-refractivity contribution >= 4 is 12.0 Å². The van der Waals surface area contributed by atoms with Gasteiger partial charge < -0.3 is 10.1 Å². The van der Waals surface area contributed by atoms with E-state index >= 15 is 0 Å². The van der Waals surface area contributed by atoms with E-state index < -0.39 is 17.6 Å². The number of hydrogen-bond acceptors (Lipinski definition) is 5. The van der Waals surface area contributed by atoms with Crippen LogP contribution in [0.15, 0.2) is 79.0 Å². The van der Waals surface area contributed by atoms with Gasteiger partial charge in [-0.15, -0.1) is 0 Å². The predicted molar refractivity (Wildman–Crippen MR) is 128 cm³/mol. The maximum atomic E-state index is 12.8. The minimum absolute atomic E-state index is 0.137. The van der Waals surface area contributed by atoms with E-state index in [1.54, 1.807) is 6.20 Å². The first-order valence-corrected chi connectivity index (χ1v) is 10.8. The molecule has 1 heterocycles. The Morgan fingerprint density at radius 1 is 0.909 bits per heavy atom. The van der Waals surface area contributed by atoms with Gasteiger partial charge in [0, 0.05) is 18.3 Å². The third-order valence-corrected chi connectivity index (χ3v) is 5.02. The molecule has 3 rings (SSSR count). The average molecular weight is 447 g/mol. The first-order valence-electron chi connectivity index (χ1n) is 10.8. The Morgan fingerprint density at radius 3 is 2.24 bits per heavy atom. The lowest BCUT2D eigenvalue weighted by Gasteiger charge is -2.30. The van der Waals surface area contributed by atoms with E-state index in [-0.39, 0.29) is 12.5 Å². The fourth-order valence-corrected chi connectivity index (χ4v) is 3.19. The number of carbonyl (C=O) groups excluding carboxylic acids is 2. The van der Waals surface area contributed by atoms with Gasteiger partial charge in [-0.05, 0) is 28.7 Å². The SMILES string of the molecule is CC(C)(C)[C@H](NC(=O)OCc1ccccc1)C(=O)NNCc1ccc(-c2ccccn2)cc1. The van der Waals surface area contributed by atoms with Crippen LogP contribution in [0.3, 0.4) is 0 Å². The largest absolute Gasteiger partial charge is 0.445 e. The molecule has 0 bridgehead atoms. The van der Waals surface area contributed by atoms with Gasteiger partial charge in [0.15, 0.2) is 0 Å². The van der Waals surface area contributed by atoms with E-state index in [0.29, 0.717) is 6.54 Å². The van der Waals surface area contributed by atoms with Crippen LogP contribution in [0.25, 0.3) is 11.3 Å². The Hall–Kier alpha value is -3.71. The summed E-state index contributed by atoms with van der Waals surface area (Å²) >= 11 is 0. The molecule has 0 radical (unpaired) electrons. The summed E-state index contributed by atoms with van der Waals surface area (Å²) in [6.45, 7) is 6.21. The van der Waals surface area contributed by atoms with E-state index in [0.717, 1.165) is 22.4 Å². The van der Waals surface area contributed by atoms with Crippen LogP contribution in [0.2, 0.25) is 0 Å². The average Bonchev–Trinajstić information content (AvgIpc) is 2.82. The summed E-state index contributed by atoms with van der Waals surface area (Å²) in [5, 5.41) is 2.68. The number of ether oxygens (including phenoxy) is 1. The smallest absolute Gasteiger partial charge is 0.408 e. The molecule has 3 N–H and O–H groups in total. The maximum Gasteiger partial charge on any atom is 0.408 e. The fourth-order valence-electron chi connectivity index (χ4n) is 3.19. The molecule has 0 fully saturated rings. The zero-order valence-corrected chi connectivity index (χ0v) is 19.2. The zero-order valence-electron chi connectivity index (χ0n) is 19.2. The van der Waals surface area contributed by atoms with Crippen molar-refractivity contribution in [3.63, 3.8) is 0 Å². The number of rotatable bonds is 8. The Bertz CT molecular complexity index is 1030. The van der Waals surface area contributed by atoms with Gasteiger partial charge in [0.2, 0.25) is 0 Å². The molecule has 2 aromatic carbocycles. The van der Waals surface area contributed by atoms with Crippen molar-refractivity contribution < 1.29 is 14.3 Å². The molecule has 172 valence electrons. The lowest BCUT2D eigenvalue weighted by Crippen LogP contribution is -2.56. The van der Waals surface area contributed by atoms with Crippen LogP contribution in [0.1, 0.15) is 31.9 Å². The third kappa shape index (κ3) is 7.43. The first kappa shape index (κ1) is 23.9. The number of benzene rings is 2. The van der Waals surface area contributed by atoms with Crippen LogP contribution in [-0.4, -0.2) is 23.0 Å². The minimum Gasteiger partial charge on any atom is -0.445 e. The van der Waals surface area contributed by atoms with Crippen LogP contribution in [0.5, 0.6) is 0 Å². The third-order valence-electron chi connectivity index (χ3n) is 5.02. The van der Waals surface area contributed by atoms with Gasteiger partial charge in [-0.1, -0.05) is 81.4 Å². The fraction of sp³-hybridized carbons (Fsp3) is 0.269. The molecular formula is C26H30N4O3. The summed E-state index contributed by atoms with van der Waals surface area (Å²) in [5.74, 6) is -0.343. The highest BCUT2D eigenvalue weighted by atomic mass is 16.5. The molecule has 0 spiro atoms. The number of amides is 2. The van der Waals surface area contributed by atoms with Gasteiger partial charge in [-0.25, -0.2) is 10.2 Å². The number of aromatic nitrogens is 1. The number of carbonyl (C=O) groups is 2. The van der Waals surface area contributed by atoms with Crippen molar-refractivity contribution in [3.8, 4) is 11.3 Å². The first-order chi connectivity index (χ1) is 15.8. The van der Waals surface area contributed by atoms with E-state index in [1.165, 1.54) is 0 Å². The molecule has 0 saturated heterocycles. The summed E-state index contributed by atoms with van der Waals surface area (Å²) in [4.78, 5) is 29.4. The van der Waals surface area contributed by atoms with Crippen molar-refractivity contribution in [2.24, 2.45) is 5.41 Å². The Morgan fingerprint density at radius 2 is 1.61 bits per heavy atom. The van der Waals surface area contributed by atoms with Crippen molar-refractivity contribution in [1.29, 1.82) is 0 Å². The van der Waals surface area contributed by atoms with Crippen molar-refractivity contribution in [2.75, 3.05) is 0 Å². The summed E-state index contributed by atoms with van der Waals surface area (Å²) in [7, 11) is 0. The molecular weight excluding hydrogens is 416 g/mol. The number of hydrogen-bond donors (Lipinski definition) is 3. The summed E-state index contributed by atoms with van der Waals surface area (Å²) < 4.78 is 5.27. The van der Waals surface area contributed by atoms with Crippen LogP contribution >= 0.6 is 0 Å². The van der Waals surface area contributed by atoms with Gasteiger partial charge in [-0.3, -0.25) is 15.2 Å². The highest BCUT2D eigenvalue weighted by molar-refractivity contribution is 5.86. The molecule has 7 nitrogen and oxygen atoms in total. The molecule has 3 aromatic rings. The molecule has 7 heteroatoms. The number of pyridine rings is 1. The second kappa shape index (κ2) is 11.2. The molecule has 33 heavy (non-hydrogen) atoms. The van der Waals surface area contributed by atoms with E-state index in [2.05, 4.69) is 21.2 Å².